The number of anilines is 1. The lowest BCUT2D eigenvalue weighted by Gasteiger charge is -2.39. The second-order valence-corrected chi connectivity index (χ2v) is 12.2. The number of aliphatic hydroxyl groups is 1. The molecule has 1 amide bonds. The zero-order valence-corrected chi connectivity index (χ0v) is 25.2. The minimum atomic E-state index is -2.34. The number of carbonyl (C=O) groups excluding carboxylic acids is 1. The number of nitrogens with zero attached hydrogens (tertiary/aromatic N) is 2. The first kappa shape index (κ1) is 32.5. The van der Waals surface area contributed by atoms with E-state index in [9.17, 15) is 31.9 Å². The van der Waals surface area contributed by atoms with Gasteiger partial charge in [0.15, 0.2) is 29.6 Å². The molecule has 12 heteroatoms. The van der Waals surface area contributed by atoms with Crippen LogP contribution in [0.5, 0.6) is 0 Å². The van der Waals surface area contributed by atoms with Crippen LogP contribution < -0.4 is 5.32 Å². The molecule has 0 aromatic heterocycles. The van der Waals surface area contributed by atoms with Crippen LogP contribution in [0.2, 0.25) is 0 Å². The van der Waals surface area contributed by atoms with E-state index in [4.69, 9.17) is 9.47 Å². The lowest BCUT2D eigenvalue weighted by molar-refractivity contribution is -0.253. The third-order valence-corrected chi connectivity index (χ3v) is 9.07. The van der Waals surface area contributed by atoms with Crippen LogP contribution in [0, 0.1) is 29.1 Å². The van der Waals surface area contributed by atoms with Crippen LogP contribution in [0.15, 0.2) is 48.5 Å². The molecule has 0 bridgehead atoms. The summed E-state index contributed by atoms with van der Waals surface area (Å²) < 4.78 is 82.5. The van der Waals surface area contributed by atoms with Gasteiger partial charge >= 0.3 is 0 Å². The van der Waals surface area contributed by atoms with Gasteiger partial charge in [0.2, 0.25) is 5.82 Å². The number of nitrogens with one attached hydrogen (secondary N) is 1. The molecule has 2 N–H and O–H groups in total. The second-order valence-electron chi connectivity index (χ2n) is 12.2. The number of amides is 1. The number of hydrogen-bond donors (Lipinski definition) is 2. The summed E-state index contributed by atoms with van der Waals surface area (Å²) in [5.41, 5.74) is 0.638. The van der Waals surface area contributed by atoms with Crippen molar-refractivity contribution in [1.82, 2.24) is 9.80 Å². The van der Waals surface area contributed by atoms with E-state index in [-0.39, 0.29) is 24.5 Å². The van der Waals surface area contributed by atoms with Crippen molar-refractivity contribution in [2.24, 2.45) is 0 Å². The van der Waals surface area contributed by atoms with Gasteiger partial charge in [0, 0.05) is 36.8 Å². The average molecular weight is 646 g/mol. The van der Waals surface area contributed by atoms with Crippen molar-refractivity contribution >= 4 is 11.6 Å². The number of halogens is 5. The summed E-state index contributed by atoms with van der Waals surface area (Å²) in [4.78, 5) is 17.7. The Morgan fingerprint density at radius 3 is 2.22 bits per heavy atom. The topological polar surface area (TPSA) is 74.3 Å². The van der Waals surface area contributed by atoms with Gasteiger partial charge in [-0.25, -0.2) is 22.0 Å². The number of hydrogen-bond acceptors (Lipinski definition) is 6. The van der Waals surface area contributed by atoms with Gasteiger partial charge in [-0.15, -0.1) is 0 Å². The molecule has 6 rings (SSSR count). The lowest BCUT2D eigenvalue weighted by atomic mass is 9.99. The Bertz CT molecular complexity index is 1520. The molecule has 7 nitrogen and oxygen atoms in total. The first-order valence-corrected chi connectivity index (χ1v) is 15.6. The number of rotatable bonds is 9. The van der Waals surface area contributed by atoms with Crippen LogP contribution in [-0.2, 0) is 16.1 Å². The molecule has 3 heterocycles. The predicted octanol–water partition coefficient (Wildman–Crippen LogP) is 6.23. The van der Waals surface area contributed by atoms with Gasteiger partial charge in [0.25, 0.3) is 5.91 Å². The van der Waals surface area contributed by atoms with Gasteiger partial charge < -0.3 is 24.8 Å². The van der Waals surface area contributed by atoms with Gasteiger partial charge in [-0.1, -0.05) is 36.4 Å². The monoisotopic (exact) mass is 645 g/mol. The molecule has 4 atom stereocenters. The van der Waals surface area contributed by atoms with Crippen molar-refractivity contribution < 1.29 is 41.3 Å². The fourth-order valence-corrected chi connectivity index (χ4v) is 6.66. The molecule has 0 radical (unpaired) electrons. The number of carbonyl (C=O) groups is 1. The molecular formula is C34H36F5N3O4. The average Bonchev–Trinajstić information content (AvgIpc) is 3.75. The van der Waals surface area contributed by atoms with Gasteiger partial charge in [-0.3, -0.25) is 9.69 Å². The Balaban J connectivity index is 1.22. The summed E-state index contributed by atoms with van der Waals surface area (Å²) in [5.74, 6) is -12.7. The molecule has 46 heavy (non-hydrogen) atoms. The summed E-state index contributed by atoms with van der Waals surface area (Å²) in [7, 11) is 0. The number of ether oxygens (including phenoxy) is 2. The predicted molar refractivity (Wildman–Crippen MR) is 159 cm³/mol. The Morgan fingerprint density at radius 2 is 1.52 bits per heavy atom. The van der Waals surface area contributed by atoms with E-state index in [1.807, 2.05) is 24.3 Å². The fraction of sp³-hybridized carbons (Fsp3) is 0.441. The maximum atomic E-state index is 14.3. The van der Waals surface area contributed by atoms with E-state index >= 15 is 0 Å². The summed E-state index contributed by atoms with van der Waals surface area (Å²) >= 11 is 0. The zero-order chi connectivity index (χ0) is 32.4. The molecule has 0 saturated carbocycles. The first-order valence-electron chi connectivity index (χ1n) is 15.6. The van der Waals surface area contributed by atoms with Gasteiger partial charge in [-0.2, -0.15) is 0 Å². The SMILES string of the molecule is O=C(Nc1cccc([C@@H]2O[C@H](CN3CCC[C@H]3CN3CCCC3)C[C@H](c3ccc(CO)cc3)O2)c1)c1c(F)c(F)c(F)c(F)c1F. The molecule has 3 aliphatic rings. The Morgan fingerprint density at radius 1 is 0.826 bits per heavy atom. The normalized spacial score (nSPS) is 24.0. The van der Waals surface area contributed by atoms with Crippen LogP contribution in [0.4, 0.5) is 27.6 Å². The van der Waals surface area contributed by atoms with Crippen LogP contribution in [0.3, 0.4) is 0 Å². The third kappa shape index (κ3) is 6.96. The van der Waals surface area contributed by atoms with Crippen molar-refractivity contribution in [2.75, 3.05) is 38.0 Å². The highest BCUT2D eigenvalue weighted by atomic mass is 19.2. The summed E-state index contributed by atoms with van der Waals surface area (Å²) in [5, 5.41) is 11.7. The van der Waals surface area contributed by atoms with Gasteiger partial charge in [-0.05, 0) is 68.6 Å². The standard InChI is InChI=1S/C34H36F5N3O4/c35-28-27(29(36)31(38)32(39)30(28)37)33(44)40-23-6-3-5-22(15-23)34-45-25(16-26(46-34)21-10-8-20(19-43)9-11-21)18-42-14-4-7-24(42)17-41-12-1-2-13-41/h3,5-6,8-11,15,24-26,34,43H,1-2,4,7,12-14,16-19H2,(H,40,44)/t24-,25-,26+,34+/m0/s1. The molecule has 0 unspecified atom stereocenters. The highest BCUT2D eigenvalue weighted by Gasteiger charge is 2.36. The maximum absolute atomic E-state index is 14.3. The number of likely N-dealkylation sites (tertiary alicyclic amines) is 2. The smallest absolute Gasteiger partial charge is 0.261 e. The van der Waals surface area contributed by atoms with Crippen molar-refractivity contribution in [3.8, 4) is 0 Å². The fourth-order valence-electron chi connectivity index (χ4n) is 6.66. The van der Waals surface area contributed by atoms with E-state index in [0.29, 0.717) is 24.6 Å². The third-order valence-electron chi connectivity index (χ3n) is 9.07. The van der Waals surface area contributed by atoms with E-state index in [1.165, 1.54) is 25.0 Å². The van der Waals surface area contributed by atoms with Crippen molar-refractivity contribution in [2.45, 2.75) is 63.3 Å². The van der Waals surface area contributed by atoms with Crippen LogP contribution in [0.1, 0.15) is 71.5 Å². The maximum Gasteiger partial charge on any atom is 0.261 e. The van der Waals surface area contributed by atoms with Crippen molar-refractivity contribution in [1.29, 1.82) is 0 Å². The number of benzene rings is 3. The minimum Gasteiger partial charge on any atom is -0.392 e. The molecule has 3 aliphatic heterocycles. The Hall–Kier alpha value is -3.42. The second kappa shape index (κ2) is 14.1. The van der Waals surface area contributed by atoms with E-state index in [1.54, 1.807) is 12.1 Å². The first-order chi connectivity index (χ1) is 22.2. The van der Waals surface area contributed by atoms with Crippen LogP contribution in [-0.4, -0.2) is 65.7 Å². The summed E-state index contributed by atoms with van der Waals surface area (Å²) in [6.45, 7) is 4.87. The summed E-state index contributed by atoms with van der Waals surface area (Å²) in [6, 6.07) is 14.1. The quantitative estimate of drug-likeness (QED) is 0.163. The molecular weight excluding hydrogens is 609 g/mol. The molecule has 0 spiro atoms. The highest BCUT2D eigenvalue weighted by molar-refractivity contribution is 6.04. The molecule has 3 aromatic carbocycles. The summed E-state index contributed by atoms with van der Waals surface area (Å²) in [6.07, 6.45) is 3.83. The van der Waals surface area contributed by atoms with Crippen molar-refractivity contribution in [3.05, 3.63) is 99.9 Å². The molecule has 0 aliphatic carbocycles. The van der Waals surface area contributed by atoms with Gasteiger partial charge in [0.1, 0.15) is 5.56 Å². The highest BCUT2D eigenvalue weighted by Crippen LogP contribution is 2.39. The van der Waals surface area contributed by atoms with Crippen LogP contribution in [0.25, 0.3) is 0 Å². The molecule has 3 aromatic rings. The molecule has 3 saturated heterocycles. The van der Waals surface area contributed by atoms with E-state index < -0.39 is 46.8 Å². The Kier molecular flexibility index (Phi) is 10.00. The van der Waals surface area contributed by atoms with Crippen molar-refractivity contribution in [3.63, 3.8) is 0 Å². The molecule has 3 fully saturated rings. The number of aliphatic hydroxyl groups excluding tert-OH is 1. The molecule has 246 valence electrons. The lowest BCUT2D eigenvalue weighted by Crippen LogP contribution is -2.45. The Labute approximate surface area is 263 Å². The van der Waals surface area contributed by atoms with E-state index in [2.05, 4.69) is 15.1 Å². The minimum absolute atomic E-state index is 0.0508. The van der Waals surface area contributed by atoms with Gasteiger partial charge in [0.05, 0.1) is 18.8 Å². The van der Waals surface area contributed by atoms with E-state index in [0.717, 1.165) is 50.1 Å². The zero-order valence-electron chi connectivity index (χ0n) is 25.2. The largest absolute Gasteiger partial charge is 0.392 e. The van der Waals surface area contributed by atoms with Crippen LogP contribution >= 0.6 is 0 Å².